The van der Waals surface area contributed by atoms with Gasteiger partial charge in [-0.15, -0.1) is 0 Å². The van der Waals surface area contributed by atoms with Crippen LogP contribution in [0.4, 0.5) is 18.9 Å². The van der Waals surface area contributed by atoms with Crippen LogP contribution in [0.1, 0.15) is 23.0 Å². The molecule has 0 radical (unpaired) electrons. The summed E-state index contributed by atoms with van der Waals surface area (Å²) in [4.78, 5) is 36.7. The molecule has 0 bridgehead atoms. The van der Waals surface area contributed by atoms with Gasteiger partial charge in [0.05, 0.1) is 23.6 Å². The van der Waals surface area contributed by atoms with E-state index in [1.54, 1.807) is 37.3 Å². The van der Waals surface area contributed by atoms with Gasteiger partial charge in [0.1, 0.15) is 10.7 Å². The molecule has 0 saturated carbocycles. The molecular formula is C22H18ClF3N4O4. The van der Waals surface area contributed by atoms with E-state index >= 15 is 0 Å². The number of halogens is 4. The molecule has 8 nitrogen and oxygen atoms in total. The van der Waals surface area contributed by atoms with Crippen molar-refractivity contribution >= 4 is 35.1 Å². The molecule has 2 N–H and O–H groups in total. The first-order valence-electron chi connectivity index (χ1n) is 9.82. The van der Waals surface area contributed by atoms with Crippen molar-refractivity contribution in [3.05, 3.63) is 76.3 Å². The highest BCUT2D eigenvalue weighted by atomic mass is 35.5. The summed E-state index contributed by atoms with van der Waals surface area (Å²) in [5.41, 5.74) is 0.262. The Balaban J connectivity index is 1.59. The molecular weight excluding hydrogens is 477 g/mol. The van der Waals surface area contributed by atoms with E-state index in [1.807, 2.05) is 5.32 Å². The van der Waals surface area contributed by atoms with Crippen molar-refractivity contribution in [2.24, 2.45) is 0 Å². The maximum atomic E-state index is 13.6. The average Bonchev–Trinajstić information content (AvgIpc) is 3.12. The lowest BCUT2D eigenvalue weighted by Crippen LogP contribution is -2.40. The Morgan fingerprint density at radius 2 is 1.76 bits per heavy atom. The molecule has 3 rings (SSSR count). The zero-order valence-electron chi connectivity index (χ0n) is 17.9. The number of benzene rings is 2. The van der Waals surface area contributed by atoms with Crippen LogP contribution in [0.15, 0.2) is 42.5 Å². The number of para-hydroxylation sites is 1. The largest absolute Gasteiger partial charge is 0.449 e. The molecule has 0 aliphatic heterocycles. The topological polar surface area (TPSA) is 102 Å². The number of aromatic nitrogens is 2. The van der Waals surface area contributed by atoms with Crippen LogP contribution in [0.3, 0.4) is 0 Å². The SMILES string of the molecule is Cc1nn(-c2ccccc2)c(Cl)c1C(=O)O[C@H](C)C(=O)NCC(=O)Nc1ccc(F)c(F)c1F. The zero-order chi connectivity index (χ0) is 25.0. The number of anilines is 1. The first-order valence-corrected chi connectivity index (χ1v) is 10.2. The lowest BCUT2D eigenvalue weighted by Gasteiger charge is -2.14. The number of amides is 2. The van der Waals surface area contributed by atoms with Crippen molar-refractivity contribution < 1.29 is 32.3 Å². The van der Waals surface area contributed by atoms with Gasteiger partial charge in [0, 0.05) is 0 Å². The van der Waals surface area contributed by atoms with Crippen LogP contribution in [-0.4, -0.2) is 40.2 Å². The molecule has 1 heterocycles. The number of carbonyl (C=O) groups is 3. The Bertz CT molecular complexity index is 1250. The van der Waals surface area contributed by atoms with Crippen LogP contribution in [0.2, 0.25) is 5.15 Å². The molecule has 0 fully saturated rings. The minimum absolute atomic E-state index is 0.00533. The van der Waals surface area contributed by atoms with Crippen LogP contribution in [0.5, 0.6) is 0 Å². The standard InChI is InChI=1S/C22H18ClF3N4O4/c1-11-17(20(23)30(29-11)13-6-4-3-5-7-13)22(33)34-12(2)21(32)27-10-16(31)28-15-9-8-14(24)18(25)19(15)26/h3-9,12H,10H2,1-2H3,(H,27,32)(H,28,31)/t12-/m1/s1. The number of carbonyl (C=O) groups excluding carboxylic acids is 3. The molecule has 0 spiro atoms. The molecule has 0 aliphatic carbocycles. The Labute approximate surface area is 196 Å². The quantitative estimate of drug-likeness (QED) is 0.386. The maximum Gasteiger partial charge on any atom is 0.344 e. The van der Waals surface area contributed by atoms with Crippen molar-refractivity contribution in [3.8, 4) is 5.69 Å². The maximum absolute atomic E-state index is 13.6. The summed E-state index contributed by atoms with van der Waals surface area (Å²) in [5.74, 6) is -7.39. The van der Waals surface area contributed by atoms with Gasteiger partial charge in [0.25, 0.3) is 5.91 Å². The average molecular weight is 495 g/mol. The Hall–Kier alpha value is -3.86. The molecule has 0 unspecified atom stereocenters. The van der Waals surface area contributed by atoms with Gasteiger partial charge in [0.2, 0.25) is 5.91 Å². The van der Waals surface area contributed by atoms with Crippen LogP contribution in [-0.2, 0) is 14.3 Å². The minimum atomic E-state index is -1.74. The van der Waals surface area contributed by atoms with Crippen molar-refractivity contribution in [2.45, 2.75) is 20.0 Å². The fourth-order valence-electron chi connectivity index (χ4n) is 2.87. The van der Waals surface area contributed by atoms with Gasteiger partial charge in [0.15, 0.2) is 23.6 Å². The highest BCUT2D eigenvalue weighted by Crippen LogP contribution is 2.24. The lowest BCUT2D eigenvalue weighted by molar-refractivity contribution is -0.130. The molecule has 0 aliphatic rings. The van der Waals surface area contributed by atoms with E-state index in [0.29, 0.717) is 11.8 Å². The van der Waals surface area contributed by atoms with E-state index in [2.05, 4.69) is 10.4 Å². The number of nitrogens with one attached hydrogen (secondary N) is 2. The number of hydrogen-bond donors (Lipinski definition) is 2. The summed E-state index contributed by atoms with van der Waals surface area (Å²) in [6.07, 6.45) is -1.32. The van der Waals surface area contributed by atoms with Crippen LogP contribution in [0, 0.1) is 24.4 Å². The van der Waals surface area contributed by atoms with Crippen molar-refractivity contribution in [3.63, 3.8) is 0 Å². The smallest absolute Gasteiger partial charge is 0.344 e. The van der Waals surface area contributed by atoms with Crippen LogP contribution >= 0.6 is 11.6 Å². The molecule has 3 aromatic rings. The number of hydrogen-bond acceptors (Lipinski definition) is 5. The summed E-state index contributed by atoms with van der Waals surface area (Å²) < 4.78 is 46.3. The summed E-state index contributed by atoms with van der Waals surface area (Å²) in [6, 6.07) is 10.3. The highest BCUT2D eigenvalue weighted by Gasteiger charge is 2.26. The fourth-order valence-corrected chi connectivity index (χ4v) is 3.22. The van der Waals surface area contributed by atoms with E-state index in [9.17, 15) is 27.6 Å². The van der Waals surface area contributed by atoms with Crippen LogP contribution in [0.25, 0.3) is 5.69 Å². The number of nitrogens with zero attached hydrogens (tertiary/aromatic N) is 2. The van der Waals surface area contributed by atoms with Crippen molar-refractivity contribution in [1.29, 1.82) is 0 Å². The van der Waals surface area contributed by atoms with Crippen molar-refractivity contribution in [1.82, 2.24) is 15.1 Å². The number of esters is 1. The third-order valence-electron chi connectivity index (χ3n) is 4.59. The molecule has 34 heavy (non-hydrogen) atoms. The molecule has 12 heteroatoms. The van der Waals surface area contributed by atoms with Gasteiger partial charge in [-0.1, -0.05) is 29.8 Å². The predicted octanol–water partition coefficient (Wildman–Crippen LogP) is 3.55. The van der Waals surface area contributed by atoms with Crippen LogP contribution < -0.4 is 10.6 Å². The molecule has 178 valence electrons. The Morgan fingerprint density at radius 3 is 2.44 bits per heavy atom. The molecule has 0 saturated heterocycles. The van der Waals surface area contributed by atoms with Gasteiger partial charge in [-0.3, -0.25) is 9.59 Å². The highest BCUT2D eigenvalue weighted by molar-refractivity contribution is 6.33. The number of aryl methyl sites for hydroxylation is 1. The van der Waals surface area contributed by atoms with Gasteiger partial charge in [-0.2, -0.15) is 5.10 Å². The van der Waals surface area contributed by atoms with Gasteiger partial charge in [-0.05, 0) is 38.1 Å². The van der Waals surface area contributed by atoms with Gasteiger partial charge >= 0.3 is 5.97 Å². The van der Waals surface area contributed by atoms with E-state index < -0.39 is 53.6 Å². The normalized spacial score (nSPS) is 11.6. The summed E-state index contributed by atoms with van der Waals surface area (Å²) in [7, 11) is 0. The third-order valence-corrected chi connectivity index (χ3v) is 4.94. The summed E-state index contributed by atoms with van der Waals surface area (Å²) in [6.45, 7) is 2.17. The van der Waals surface area contributed by atoms with E-state index in [-0.39, 0.29) is 16.4 Å². The fraction of sp³-hybridized carbons (Fsp3) is 0.182. The monoisotopic (exact) mass is 494 g/mol. The van der Waals surface area contributed by atoms with Gasteiger partial charge < -0.3 is 15.4 Å². The third kappa shape index (κ3) is 5.37. The molecule has 2 amide bonds. The molecule has 2 aromatic carbocycles. The van der Waals surface area contributed by atoms with E-state index in [4.69, 9.17) is 16.3 Å². The predicted molar refractivity (Wildman–Crippen MR) is 116 cm³/mol. The minimum Gasteiger partial charge on any atom is -0.449 e. The van der Waals surface area contributed by atoms with E-state index in [1.165, 1.54) is 11.6 Å². The Kier molecular flexibility index (Phi) is 7.57. The van der Waals surface area contributed by atoms with Crippen molar-refractivity contribution in [2.75, 3.05) is 11.9 Å². The van der Waals surface area contributed by atoms with E-state index in [0.717, 1.165) is 6.07 Å². The van der Waals surface area contributed by atoms with Gasteiger partial charge in [-0.25, -0.2) is 22.6 Å². The first-order chi connectivity index (χ1) is 16.1. The first kappa shape index (κ1) is 24.8. The second kappa shape index (κ2) is 10.4. The molecule has 1 atom stereocenters. The number of ether oxygens (including phenoxy) is 1. The zero-order valence-corrected chi connectivity index (χ0v) is 18.6. The molecule has 1 aromatic heterocycles. The summed E-state index contributed by atoms with van der Waals surface area (Å²) >= 11 is 6.30. The lowest BCUT2D eigenvalue weighted by atomic mass is 10.2. The summed E-state index contributed by atoms with van der Waals surface area (Å²) in [5, 5.41) is 8.41. The second-order valence-electron chi connectivity index (χ2n) is 7.04. The number of rotatable bonds is 7. The second-order valence-corrected chi connectivity index (χ2v) is 7.39. The Morgan fingerprint density at radius 1 is 1.09 bits per heavy atom.